The molecule has 0 saturated carbocycles. The molecule has 2 aromatic rings. The van der Waals surface area contributed by atoms with E-state index in [0.717, 1.165) is 0 Å². The predicted octanol–water partition coefficient (Wildman–Crippen LogP) is -2.58. The molecular formula is C6H11N7O4. The Morgan fingerprint density at radius 1 is 0.882 bits per heavy atom. The highest BCUT2D eigenvalue weighted by molar-refractivity contribution is 5.69. The Kier molecular flexibility index (Phi) is 4.43. The molecule has 2 heterocycles. The standard InChI is InChI=1S/C5H4N4O3.CH4N2O.H3N/c10-3-1-2(7-4(11)6-1)8-5(12)9-3;2-1(3)4;/h(H4,6,7,8,9,10,11,12);(H4,2,3,4);1H3. The van der Waals surface area contributed by atoms with E-state index < -0.39 is 23.0 Å². The van der Waals surface area contributed by atoms with Gasteiger partial charge in [0, 0.05) is 0 Å². The summed E-state index contributed by atoms with van der Waals surface area (Å²) in [7, 11) is 0. The van der Waals surface area contributed by atoms with Gasteiger partial charge in [0.25, 0.3) is 5.56 Å². The number of amides is 2. The maximum absolute atomic E-state index is 10.9. The number of carbonyl (C=O) groups excluding carboxylic acids is 1. The van der Waals surface area contributed by atoms with E-state index in [-0.39, 0.29) is 17.3 Å². The second kappa shape index (κ2) is 5.32. The van der Waals surface area contributed by atoms with Gasteiger partial charge in [-0.2, -0.15) is 0 Å². The number of carbonyl (C=O) groups is 1. The molecule has 11 heteroatoms. The fraction of sp³-hybridized carbons (Fsp3) is 0. The van der Waals surface area contributed by atoms with Gasteiger partial charge in [-0.25, -0.2) is 14.4 Å². The molecule has 0 fully saturated rings. The Hall–Kier alpha value is -2.82. The van der Waals surface area contributed by atoms with Gasteiger partial charge < -0.3 is 17.6 Å². The van der Waals surface area contributed by atoms with Gasteiger partial charge in [0.15, 0.2) is 0 Å². The van der Waals surface area contributed by atoms with E-state index in [1.54, 1.807) is 0 Å². The minimum absolute atomic E-state index is 0. The maximum Gasteiger partial charge on any atom is 0.327 e. The lowest BCUT2D eigenvalue weighted by atomic mass is 10.5. The van der Waals surface area contributed by atoms with Crippen molar-refractivity contribution in [3.63, 3.8) is 0 Å². The summed E-state index contributed by atoms with van der Waals surface area (Å²) in [6, 6.07) is -0.833. The zero-order chi connectivity index (χ0) is 12.3. The molecule has 0 aliphatic carbocycles. The third kappa shape index (κ3) is 3.67. The van der Waals surface area contributed by atoms with Gasteiger partial charge in [-0.05, 0) is 0 Å². The van der Waals surface area contributed by atoms with Crippen molar-refractivity contribution in [2.24, 2.45) is 11.5 Å². The van der Waals surface area contributed by atoms with Crippen molar-refractivity contribution in [1.29, 1.82) is 0 Å². The molecule has 0 spiro atoms. The van der Waals surface area contributed by atoms with Crippen LogP contribution in [-0.4, -0.2) is 26.0 Å². The van der Waals surface area contributed by atoms with E-state index in [0.29, 0.717) is 0 Å². The Morgan fingerprint density at radius 3 is 1.76 bits per heavy atom. The molecule has 0 atom stereocenters. The minimum Gasteiger partial charge on any atom is -0.352 e. The van der Waals surface area contributed by atoms with Gasteiger partial charge in [0.2, 0.25) is 0 Å². The Morgan fingerprint density at radius 2 is 1.29 bits per heavy atom. The number of imidazole rings is 1. The summed E-state index contributed by atoms with van der Waals surface area (Å²) < 4.78 is 0. The normalized spacial score (nSPS) is 8.94. The summed E-state index contributed by atoms with van der Waals surface area (Å²) in [4.78, 5) is 50.0. The lowest BCUT2D eigenvalue weighted by Gasteiger charge is -1.83. The number of aromatic amines is 4. The van der Waals surface area contributed by atoms with Crippen molar-refractivity contribution >= 4 is 17.2 Å². The summed E-state index contributed by atoms with van der Waals surface area (Å²) in [5, 5.41) is 0. The van der Waals surface area contributed by atoms with Crippen LogP contribution in [-0.2, 0) is 0 Å². The summed E-state index contributed by atoms with van der Waals surface area (Å²) in [5.41, 5.74) is 6.85. The van der Waals surface area contributed by atoms with Crippen molar-refractivity contribution in [1.82, 2.24) is 26.1 Å². The highest BCUT2D eigenvalue weighted by Crippen LogP contribution is 1.88. The number of primary amides is 2. The molecule has 94 valence electrons. The minimum atomic E-state index is -0.833. The molecule has 0 saturated heterocycles. The van der Waals surface area contributed by atoms with Crippen molar-refractivity contribution in [2.45, 2.75) is 0 Å². The van der Waals surface area contributed by atoms with Crippen LogP contribution in [0.5, 0.6) is 0 Å². The number of nitrogens with one attached hydrogen (secondary N) is 4. The van der Waals surface area contributed by atoms with Crippen LogP contribution >= 0.6 is 0 Å². The van der Waals surface area contributed by atoms with E-state index in [4.69, 9.17) is 4.79 Å². The number of nitrogens with two attached hydrogens (primary N) is 2. The molecule has 0 aliphatic rings. The highest BCUT2D eigenvalue weighted by Gasteiger charge is 2.02. The number of urea groups is 1. The molecule has 11 N–H and O–H groups in total. The van der Waals surface area contributed by atoms with Gasteiger partial charge in [0.1, 0.15) is 11.2 Å². The van der Waals surface area contributed by atoms with Crippen molar-refractivity contribution < 1.29 is 4.79 Å². The summed E-state index contributed by atoms with van der Waals surface area (Å²) in [5.74, 6) is 0. The number of fused-ring (bicyclic) bond motifs is 1. The number of hydrogen-bond acceptors (Lipinski definition) is 5. The van der Waals surface area contributed by atoms with Crippen LogP contribution in [0.4, 0.5) is 4.79 Å². The van der Waals surface area contributed by atoms with E-state index in [9.17, 15) is 14.4 Å². The highest BCUT2D eigenvalue weighted by atomic mass is 16.2. The number of H-pyrrole nitrogens is 4. The van der Waals surface area contributed by atoms with E-state index >= 15 is 0 Å². The van der Waals surface area contributed by atoms with Gasteiger partial charge in [-0.15, -0.1) is 0 Å². The second-order valence-corrected chi connectivity index (χ2v) is 2.64. The molecule has 0 bridgehead atoms. The molecule has 17 heavy (non-hydrogen) atoms. The third-order valence-electron chi connectivity index (χ3n) is 1.42. The first kappa shape index (κ1) is 14.2. The van der Waals surface area contributed by atoms with E-state index in [1.165, 1.54) is 0 Å². The van der Waals surface area contributed by atoms with Crippen LogP contribution in [0.15, 0.2) is 14.4 Å². The molecular weight excluding hydrogens is 234 g/mol. The summed E-state index contributed by atoms with van der Waals surface area (Å²) in [6.07, 6.45) is 0. The van der Waals surface area contributed by atoms with Crippen LogP contribution in [0, 0.1) is 0 Å². The average Bonchev–Trinajstić information content (AvgIpc) is 2.44. The van der Waals surface area contributed by atoms with Crippen LogP contribution in [0.2, 0.25) is 0 Å². The van der Waals surface area contributed by atoms with Crippen molar-refractivity contribution in [3.05, 3.63) is 31.3 Å². The molecule has 2 amide bonds. The zero-order valence-corrected chi connectivity index (χ0v) is 8.49. The van der Waals surface area contributed by atoms with Gasteiger partial charge in [0.05, 0.1) is 0 Å². The predicted molar refractivity (Wildman–Crippen MR) is 59.0 cm³/mol. The van der Waals surface area contributed by atoms with Crippen molar-refractivity contribution in [2.75, 3.05) is 0 Å². The van der Waals surface area contributed by atoms with Gasteiger partial charge >= 0.3 is 17.4 Å². The molecule has 0 unspecified atom stereocenters. The molecule has 0 aliphatic heterocycles. The topological polar surface area (TPSA) is 218 Å². The average molecular weight is 245 g/mol. The molecule has 0 radical (unpaired) electrons. The lowest BCUT2D eigenvalue weighted by Crippen LogP contribution is -2.21. The summed E-state index contributed by atoms with van der Waals surface area (Å²) >= 11 is 0. The Bertz CT molecular complexity index is 670. The fourth-order valence-corrected chi connectivity index (χ4v) is 0.958. The lowest BCUT2D eigenvalue weighted by molar-refractivity contribution is 0.256. The third-order valence-corrected chi connectivity index (χ3v) is 1.42. The first-order valence-electron chi connectivity index (χ1n) is 3.89. The fourth-order valence-electron chi connectivity index (χ4n) is 0.958. The van der Waals surface area contributed by atoms with Gasteiger partial charge in [-0.3, -0.25) is 24.7 Å². The van der Waals surface area contributed by atoms with Crippen molar-refractivity contribution in [3.8, 4) is 0 Å². The Balaban J connectivity index is 0.000000453. The van der Waals surface area contributed by atoms with Crippen LogP contribution in [0.3, 0.4) is 0 Å². The molecule has 2 rings (SSSR count). The van der Waals surface area contributed by atoms with Crippen LogP contribution < -0.4 is 34.6 Å². The smallest absolute Gasteiger partial charge is 0.327 e. The first-order valence-corrected chi connectivity index (χ1v) is 3.89. The van der Waals surface area contributed by atoms with Gasteiger partial charge in [-0.1, -0.05) is 0 Å². The van der Waals surface area contributed by atoms with Crippen LogP contribution in [0.25, 0.3) is 11.2 Å². The van der Waals surface area contributed by atoms with Crippen LogP contribution in [0.1, 0.15) is 0 Å². The summed E-state index contributed by atoms with van der Waals surface area (Å²) in [6.45, 7) is 0. The SMILES string of the molecule is N.NC(N)=O.O=c1[nH]c(=O)c2[nH]c(=O)[nH]c2[nH]1. The number of hydrogen-bond donors (Lipinski definition) is 7. The monoisotopic (exact) mass is 245 g/mol. The molecule has 2 aromatic heterocycles. The number of aromatic nitrogens is 4. The maximum atomic E-state index is 10.9. The largest absolute Gasteiger partial charge is 0.352 e. The second-order valence-electron chi connectivity index (χ2n) is 2.64. The molecule has 0 aromatic carbocycles. The quantitative estimate of drug-likeness (QED) is 0.265. The molecule has 11 nitrogen and oxygen atoms in total. The van der Waals surface area contributed by atoms with E-state index in [2.05, 4.69) is 26.4 Å². The van der Waals surface area contributed by atoms with E-state index in [1.807, 2.05) is 4.98 Å². The Labute approximate surface area is 91.8 Å². The zero-order valence-electron chi connectivity index (χ0n) is 8.49. The number of rotatable bonds is 0. The first-order chi connectivity index (χ1) is 7.40.